The van der Waals surface area contributed by atoms with Crippen molar-refractivity contribution in [2.24, 2.45) is 11.7 Å². The molecule has 3 rings (SSSR count). The summed E-state index contributed by atoms with van der Waals surface area (Å²) in [6.07, 6.45) is 0. The summed E-state index contributed by atoms with van der Waals surface area (Å²) >= 11 is 0. The Morgan fingerprint density at radius 2 is 1.72 bits per heavy atom. The molecule has 2 N–H and O–H groups in total. The van der Waals surface area contributed by atoms with Gasteiger partial charge in [0.2, 0.25) is 5.91 Å². The molecule has 0 bridgehead atoms. The number of nitrogens with zero attached hydrogens (tertiary/aromatic N) is 1. The molecule has 0 saturated carbocycles. The van der Waals surface area contributed by atoms with Gasteiger partial charge in [-0.2, -0.15) is 0 Å². The standard InChI is InChI=1S/C22H28N2O/c1-16-9-7-8-12-20(16)22(2,3)21(25)24-14-18(13-23)19(15-24)17-10-5-4-6-11-17/h4-12,18-19H,13-15,23H2,1-3H3/t18-,19+/m1/s1. The second kappa shape index (κ2) is 7.01. The fraction of sp³-hybridized carbons (Fsp3) is 0.409. The number of amides is 1. The van der Waals surface area contributed by atoms with Crippen LogP contribution in [-0.2, 0) is 10.2 Å². The molecule has 0 aliphatic carbocycles. The van der Waals surface area contributed by atoms with Crippen molar-refractivity contribution in [2.75, 3.05) is 19.6 Å². The van der Waals surface area contributed by atoms with Crippen LogP contribution in [0.25, 0.3) is 0 Å². The molecule has 2 atom stereocenters. The van der Waals surface area contributed by atoms with E-state index in [1.54, 1.807) is 0 Å². The van der Waals surface area contributed by atoms with Crippen LogP contribution in [-0.4, -0.2) is 30.4 Å². The summed E-state index contributed by atoms with van der Waals surface area (Å²) in [5, 5.41) is 0. The van der Waals surface area contributed by atoms with Gasteiger partial charge in [-0.15, -0.1) is 0 Å². The summed E-state index contributed by atoms with van der Waals surface area (Å²) in [6.45, 7) is 8.23. The number of carbonyl (C=O) groups excluding carboxylic acids is 1. The lowest BCUT2D eigenvalue weighted by Crippen LogP contribution is -2.43. The van der Waals surface area contributed by atoms with Gasteiger partial charge < -0.3 is 10.6 Å². The van der Waals surface area contributed by atoms with Gasteiger partial charge in [0.1, 0.15) is 0 Å². The highest BCUT2D eigenvalue weighted by Crippen LogP contribution is 2.36. The molecule has 1 aliphatic rings. The first-order valence-electron chi connectivity index (χ1n) is 9.05. The molecular weight excluding hydrogens is 308 g/mol. The lowest BCUT2D eigenvalue weighted by atomic mass is 9.81. The van der Waals surface area contributed by atoms with Crippen molar-refractivity contribution >= 4 is 5.91 Å². The van der Waals surface area contributed by atoms with E-state index in [0.717, 1.165) is 24.2 Å². The summed E-state index contributed by atoms with van der Waals surface area (Å²) in [7, 11) is 0. The number of nitrogens with two attached hydrogens (primary N) is 1. The van der Waals surface area contributed by atoms with Crippen molar-refractivity contribution in [1.82, 2.24) is 4.90 Å². The van der Waals surface area contributed by atoms with Crippen LogP contribution in [0.1, 0.15) is 36.5 Å². The molecule has 1 fully saturated rings. The maximum absolute atomic E-state index is 13.3. The van der Waals surface area contributed by atoms with Crippen molar-refractivity contribution in [3.8, 4) is 0 Å². The average molecular weight is 336 g/mol. The van der Waals surface area contributed by atoms with Gasteiger partial charge in [0, 0.05) is 19.0 Å². The predicted molar refractivity (Wildman–Crippen MR) is 103 cm³/mol. The predicted octanol–water partition coefficient (Wildman–Crippen LogP) is 3.47. The highest BCUT2D eigenvalue weighted by molar-refractivity contribution is 5.88. The summed E-state index contributed by atoms with van der Waals surface area (Å²) < 4.78 is 0. The monoisotopic (exact) mass is 336 g/mol. The molecule has 1 heterocycles. The van der Waals surface area contributed by atoms with E-state index in [9.17, 15) is 4.79 Å². The minimum absolute atomic E-state index is 0.193. The molecule has 0 spiro atoms. The molecule has 3 heteroatoms. The van der Waals surface area contributed by atoms with E-state index in [0.29, 0.717) is 18.4 Å². The van der Waals surface area contributed by atoms with Crippen molar-refractivity contribution in [2.45, 2.75) is 32.1 Å². The minimum Gasteiger partial charge on any atom is -0.341 e. The number of hydrogen-bond donors (Lipinski definition) is 1. The third kappa shape index (κ3) is 3.34. The normalized spacial score (nSPS) is 20.7. The maximum Gasteiger partial charge on any atom is 0.232 e. The minimum atomic E-state index is -0.532. The maximum atomic E-state index is 13.3. The van der Waals surface area contributed by atoms with Gasteiger partial charge in [-0.1, -0.05) is 54.6 Å². The molecule has 1 aliphatic heterocycles. The molecule has 2 aromatic rings. The number of likely N-dealkylation sites (tertiary alicyclic amines) is 1. The van der Waals surface area contributed by atoms with Gasteiger partial charge in [-0.25, -0.2) is 0 Å². The fourth-order valence-electron chi connectivity index (χ4n) is 4.14. The number of aryl methyl sites for hydroxylation is 1. The van der Waals surface area contributed by atoms with E-state index in [1.807, 2.05) is 36.9 Å². The van der Waals surface area contributed by atoms with E-state index in [4.69, 9.17) is 5.73 Å². The van der Waals surface area contributed by atoms with Crippen LogP contribution in [0.4, 0.5) is 0 Å². The summed E-state index contributed by atoms with van der Waals surface area (Å²) in [5.74, 6) is 0.834. The largest absolute Gasteiger partial charge is 0.341 e. The Hall–Kier alpha value is -2.13. The number of carbonyl (C=O) groups is 1. The van der Waals surface area contributed by atoms with Crippen molar-refractivity contribution in [3.63, 3.8) is 0 Å². The van der Waals surface area contributed by atoms with Crippen molar-refractivity contribution in [3.05, 3.63) is 71.3 Å². The van der Waals surface area contributed by atoms with Gasteiger partial charge in [-0.3, -0.25) is 4.79 Å². The smallest absolute Gasteiger partial charge is 0.232 e. The number of benzene rings is 2. The highest BCUT2D eigenvalue weighted by atomic mass is 16.2. The zero-order chi connectivity index (χ0) is 18.0. The quantitative estimate of drug-likeness (QED) is 0.929. The molecule has 2 aromatic carbocycles. The van der Waals surface area contributed by atoms with Gasteiger partial charge >= 0.3 is 0 Å². The van der Waals surface area contributed by atoms with E-state index in [-0.39, 0.29) is 5.91 Å². The molecule has 3 nitrogen and oxygen atoms in total. The van der Waals surface area contributed by atoms with Crippen LogP contribution in [0.5, 0.6) is 0 Å². The molecule has 0 unspecified atom stereocenters. The van der Waals surface area contributed by atoms with Crippen molar-refractivity contribution in [1.29, 1.82) is 0 Å². The Bertz CT molecular complexity index is 739. The Labute approximate surface area is 150 Å². The average Bonchev–Trinajstić information content (AvgIpc) is 3.06. The van der Waals surface area contributed by atoms with Crippen molar-refractivity contribution < 1.29 is 4.79 Å². The molecule has 25 heavy (non-hydrogen) atoms. The molecule has 1 amide bonds. The van der Waals surface area contributed by atoms with Gasteiger partial charge in [-0.05, 0) is 49.9 Å². The SMILES string of the molecule is Cc1ccccc1C(C)(C)C(=O)N1C[C@@H](CN)[C@H](c2ccccc2)C1. The molecule has 1 saturated heterocycles. The zero-order valence-corrected chi connectivity index (χ0v) is 15.4. The molecule has 132 valence electrons. The fourth-order valence-corrected chi connectivity index (χ4v) is 4.14. The van der Waals surface area contributed by atoms with Gasteiger partial charge in [0.15, 0.2) is 0 Å². The second-order valence-electron chi connectivity index (χ2n) is 7.66. The zero-order valence-electron chi connectivity index (χ0n) is 15.4. The summed E-state index contributed by atoms with van der Waals surface area (Å²) in [6, 6.07) is 18.6. The molecule has 0 radical (unpaired) electrons. The topological polar surface area (TPSA) is 46.3 Å². The Balaban J connectivity index is 1.85. The van der Waals surface area contributed by atoms with Crippen LogP contribution in [0.2, 0.25) is 0 Å². The van der Waals surface area contributed by atoms with E-state index in [2.05, 4.69) is 43.3 Å². The Morgan fingerprint density at radius 1 is 1.08 bits per heavy atom. The van der Waals surface area contributed by atoms with Crippen LogP contribution in [0.3, 0.4) is 0 Å². The first-order chi connectivity index (χ1) is 11.9. The van der Waals surface area contributed by atoms with Crippen LogP contribution < -0.4 is 5.73 Å². The second-order valence-corrected chi connectivity index (χ2v) is 7.66. The van der Waals surface area contributed by atoms with E-state index in [1.165, 1.54) is 5.56 Å². The van der Waals surface area contributed by atoms with Crippen LogP contribution in [0, 0.1) is 12.8 Å². The highest BCUT2D eigenvalue weighted by Gasteiger charge is 2.41. The lowest BCUT2D eigenvalue weighted by Gasteiger charge is -2.31. The summed E-state index contributed by atoms with van der Waals surface area (Å²) in [5.41, 5.74) is 9.04. The third-order valence-electron chi connectivity index (χ3n) is 5.61. The number of rotatable bonds is 4. The van der Waals surface area contributed by atoms with E-state index < -0.39 is 5.41 Å². The van der Waals surface area contributed by atoms with Gasteiger partial charge in [0.25, 0.3) is 0 Å². The third-order valence-corrected chi connectivity index (χ3v) is 5.61. The Kier molecular flexibility index (Phi) is 4.96. The number of hydrogen-bond acceptors (Lipinski definition) is 2. The van der Waals surface area contributed by atoms with Crippen LogP contribution in [0.15, 0.2) is 54.6 Å². The molecule has 0 aromatic heterocycles. The van der Waals surface area contributed by atoms with E-state index >= 15 is 0 Å². The van der Waals surface area contributed by atoms with Gasteiger partial charge in [0.05, 0.1) is 5.41 Å². The lowest BCUT2D eigenvalue weighted by molar-refractivity contribution is -0.135. The Morgan fingerprint density at radius 3 is 2.36 bits per heavy atom. The summed E-state index contributed by atoms with van der Waals surface area (Å²) in [4.78, 5) is 15.4. The first-order valence-corrected chi connectivity index (χ1v) is 9.05. The first kappa shape index (κ1) is 17.7. The molecular formula is C22H28N2O. The van der Waals surface area contributed by atoms with Crippen LogP contribution >= 0.6 is 0 Å².